The molecule has 2 heterocycles. The summed E-state index contributed by atoms with van der Waals surface area (Å²) in [5.74, 6) is 0. The number of nitrogens with two attached hydrogens (primary N) is 1. The summed E-state index contributed by atoms with van der Waals surface area (Å²) in [7, 11) is 3.68. The van der Waals surface area contributed by atoms with Gasteiger partial charge in [0.25, 0.3) is 0 Å². The molecule has 0 unspecified atom stereocenters. The maximum Gasteiger partial charge on any atom is 0.156 e. The van der Waals surface area contributed by atoms with Crippen molar-refractivity contribution in [3.05, 3.63) is 17.7 Å². The maximum absolute atomic E-state index is 5.95. The summed E-state index contributed by atoms with van der Waals surface area (Å²) in [5, 5.41) is 4.48. The molecule has 0 saturated carbocycles. The number of anilines is 1. The van der Waals surface area contributed by atoms with Crippen molar-refractivity contribution in [2.45, 2.75) is 0 Å². The summed E-state index contributed by atoms with van der Waals surface area (Å²) in [6.45, 7) is 0. The zero-order valence-corrected chi connectivity index (χ0v) is 8.65. The van der Waals surface area contributed by atoms with Gasteiger partial charge in [0, 0.05) is 14.1 Å². The van der Waals surface area contributed by atoms with Gasteiger partial charge in [0.2, 0.25) is 0 Å². The van der Waals surface area contributed by atoms with Crippen molar-refractivity contribution in [2.75, 3.05) is 5.73 Å². The molecule has 0 aliphatic heterocycles. The number of rotatable bonds is 1. The van der Waals surface area contributed by atoms with Gasteiger partial charge in [0.1, 0.15) is 11.4 Å². The lowest BCUT2D eigenvalue weighted by molar-refractivity contribution is 0.766. The van der Waals surface area contributed by atoms with Crippen LogP contribution in [0.5, 0.6) is 0 Å². The fourth-order valence-corrected chi connectivity index (χ4v) is 1.68. The number of aromatic nitrogens is 4. The number of halogens is 1. The van der Waals surface area contributed by atoms with Crippen LogP contribution in [0, 0.1) is 0 Å². The Labute approximate surface area is 86.1 Å². The Bertz CT molecular complexity index is 387. The number of nitrogen functional groups attached to an aromatic ring is 1. The Morgan fingerprint density at radius 2 is 2.07 bits per heavy atom. The van der Waals surface area contributed by atoms with E-state index in [1.54, 1.807) is 17.2 Å². The molecule has 2 rings (SSSR count). The van der Waals surface area contributed by atoms with Crippen LogP contribution in [-0.2, 0) is 14.1 Å². The SMILES string of the molecule is Cn1cnc(Cl)c1-c1c(N)cnn1C. The number of aryl methyl sites for hydroxylation is 2. The van der Waals surface area contributed by atoms with E-state index < -0.39 is 0 Å². The summed E-state index contributed by atoms with van der Waals surface area (Å²) >= 11 is 5.95. The molecule has 0 aliphatic rings. The second kappa shape index (κ2) is 3.02. The molecular formula is C8H10ClN5. The molecule has 6 heteroatoms. The molecule has 0 fully saturated rings. The summed E-state index contributed by atoms with van der Waals surface area (Å²) in [5.41, 5.74) is 7.95. The molecule has 0 bridgehead atoms. The van der Waals surface area contributed by atoms with Crippen LogP contribution in [-0.4, -0.2) is 19.3 Å². The topological polar surface area (TPSA) is 61.7 Å². The van der Waals surface area contributed by atoms with Crippen LogP contribution in [0.2, 0.25) is 5.15 Å². The average molecular weight is 212 g/mol. The van der Waals surface area contributed by atoms with Gasteiger partial charge in [-0.3, -0.25) is 4.68 Å². The molecule has 0 spiro atoms. The zero-order valence-electron chi connectivity index (χ0n) is 7.90. The van der Waals surface area contributed by atoms with E-state index in [2.05, 4.69) is 10.1 Å². The quantitative estimate of drug-likeness (QED) is 0.767. The molecule has 0 amide bonds. The molecule has 5 nitrogen and oxygen atoms in total. The van der Waals surface area contributed by atoms with E-state index in [-0.39, 0.29) is 0 Å². The van der Waals surface area contributed by atoms with Crippen LogP contribution < -0.4 is 5.73 Å². The molecule has 74 valence electrons. The fourth-order valence-electron chi connectivity index (χ4n) is 1.41. The Morgan fingerprint density at radius 3 is 2.50 bits per heavy atom. The number of nitrogens with zero attached hydrogens (tertiary/aromatic N) is 4. The summed E-state index contributed by atoms with van der Waals surface area (Å²) in [4.78, 5) is 3.99. The highest BCUT2D eigenvalue weighted by molar-refractivity contribution is 6.32. The van der Waals surface area contributed by atoms with Gasteiger partial charge in [-0.1, -0.05) is 11.6 Å². The molecule has 0 radical (unpaired) electrons. The Hall–Kier alpha value is -1.49. The molecular weight excluding hydrogens is 202 g/mol. The lowest BCUT2D eigenvalue weighted by Gasteiger charge is -2.04. The number of imidazole rings is 1. The molecule has 0 aromatic carbocycles. The first-order valence-electron chi connectivity index (χ1n) is 4.06. The van der Waals surface area contributed by atoms with Gasteiger partial charge in [-0.05, 0) is 0 Å². The van der Waals surface area contributed by atoms with Crippen molar-refractivity contribution in [3.63, 3.8) is 0 Å². The third kappa shape index (κ3) is 1.17. The normalized spacial score (nSPS) is 10.8. The van der Waals surface area contributed by atoms with Crippen LogP contribution in [0.25, 0.3) is 11.4 Å². The van der Waals surface area contributed by atoms with E-state index in [4.69, 9.17) is 17.3 Å². The third-order valence-corrected chi connectivity index (χ3v) is 2.36. The standard InChI is InChI=1S/C8H10ClN5/c1-13-4-11-8(9)7(13)6-5(10)3-12-14(6)2/h3-4H,10H2,1-2H3. The van der Waals surface area contributed by atoms with Crippen LogP contribution in [0.3, 0.4) is 0 Å². The highest BCUT2D eigenvalue weighted by Crippen LogP contribution is 2.29. The van der Waals surface area contributed by atoms with Gasteiger partial charge in [0.05, 0.1) is 18.2 Å². The molecule has 0 atom stereocenters. The summed E-state index contributed by atoms with van der Waals surface area (Å²) in [6.07, 6.45) is 3.24. The van der Waals surface area contributed by atoms with E-state index in [0.29, 0.717) is 10.8 Å². The van der Waals surface area contributed by atoms with Crippen molar-refractivity contribution in [1.29, 1.82) is 0 Å². The third-order valence-electron chi connectivity index (χ3n) is 2.08. The Balaban J connectivity index is 2.71. The minimum Gasteiger partial charge on any atom is -0.396 e. The lowest BCUT2D eigenvalue weighted by Crippen LogP contribution is -2.00. The second-order valence-corrected chi connectivity index (χ2v) is 3.43. The zero-order chi connectivity index (χ0) is 10.3. The van der Waals surface area contributed by atoms with Gasteiger partial charge in [-0.25, -0.2) is 4.98 Å². The minimum atomic E-state index is 0.433. The number of hydrogen-bond donors (Lipinski definition) is 1. The smallest absolute Gasteiger partial charge is 0.156 e. The Morgan fingerprint density at radius 1 is 1.36 bits per heavy atom. The van der Waals surface area contributed by atoms with Crippen molar-refractivity contribution in [3.8, 4) is 11.4 Å². The van der Waals surface area contributed by atoms with Crippen LogP contribution in [0.15, 0.2) is 12.5 Å². The maximum atomic E-state index is 5.95. The molecule has 2 aromatic heterocycles. The van der Waals surface area contributed by atoms with Crippen molar-refractivity contribution < 1.29 is 0 Å². The predicted molar refractivity (Wildman–Crippen MR) is 54.8 cm³/mol. The van der Waals surface area contributed by atoms with E-state index in [0.717, 1.165) is 11.4 Å². The van der Waals surface area contributed by atoms with E-state index in [1.165, 1.54) is 0 Å². The predicted octanol–water partition coefficient (Wildman–Crippen LogP) is 1.06. The highest BCUT2D eigenvalue weighted by atomic mass is 35.5. The molecule has 2 N–H and O–H groups in total. The lowest BCUT2D eigenvalue weighted by atomic mass is 10.3. The largest absolute Gasteiger partial charge is 0.396 e. The van der Waals surface area contributed by atoms with Gasteiger partial charge < -0.3 is 10.3 Å². The minimum absolute atomic E-state index is 0.433. The van der Waals surface area contributed by atoms with Crippen molar-refractivity contribution in [1.82, 2.24) is 19.3 Å². The average Bonchev–Trinajstić information content (AvgIpc) is 2.60. The second-order valence-electron chi connectivity index (χ2n) is 3.07. The molecule has 14 heavy (non-hydrogen) atoms. The van der Waals surface area contributed by atoms with E-state index >= 15 is 0 Å². The first kappa shape index (κ1) is 9.08. The van der Waals surface area contributed by atoms with Crippen LogP contribution in [0.4, 0.5) is 5.69 Å². The van der Waals surface area contributed by atoms with Gasteiger partial charge in [0.15, 0.2) is 5.15 Å². The van der Waals surface area contributed by atoms with Gasteiger partial charge in [-0.15, -0.1) is 0 Å². The summed E-state index contributed by atoms with van der Waals surface area (Å²) < 4.78 is 3.49. The molecule has 0 saturated heterocycles. The Kier molecular flexibility index (Phi) is 1.96. The summed E-state index contributed by atoms with van der Waals surface area (Å²) in [6, 6.07) is 0. The van der Waals surface area contributed by atoms with E-state index in [1.807, 2.05) is 18.7 Å². The van der Waals surface area contributed by atoms with Crippen LogP contribution in [0.1, 0.15) is 0 Å². The molecule has 2 aromatic rings. The van der Waals surface area contributed by atoms with E-state index in [9.17, 15) is 0 Å². The fraction of sp³-hybridized carbons (Fsp3) is 0.250. The first-order chi connectivity index (χ1) is 6.61. The monoisotopic (exact) mass is 211 g/mol. The molecule has 0 aliphatic carbocycles. The van der Waals surface area contributed by atoms with Gasteiger partial charge >= 0.3 is 0 Å². The highest BCUT2D eigenvalue weighted by Gasteiger charge is 2.15. The number of hydrogen-bond acceptors (Lipinski definition) is 3. The van der Waals surface area contributed by atoms with Crippen molar-refractivity contribution >= 4 is 17.3 Å². The first-order valence-corrected chi connectivity index (χ1v) is 4.43. The van der Waals surface area contributed by atoms with Crippen LogP contribution >= 0.6 is 11.6 Å². The van der Waals surface area contributed by atoms with Crippen molar-refractivity contribution in [2.24, 2.45) is 14.1 Å². The van der Waals surface area contributed by atoms with Gasteiger partial charge in [-0.2, -0.15) is 5.10 Å².